The highest BCUT2D eigenvalue weighted by Gasteiger charge is 2.33. The second-order valence-electron chi connectivity index (χ2n) is 4.25. The summed E-state index contributed by atoms with van der Waals surface area (Å²) in [6.07, 6.45) is -4.55. The normalized spacial score (nSPS) is 11.0. The Morgan fingerprint density at radius 2 is 1.70 bits per heavy atom. The largest absolute Gasteiger partial charge is 0.418 e. The Bertz CT molecular complexity index is 704. The van der Waals surface area contributed by atoms with Gasteiger partial charge in [0.05, 0.1) is 11.3 Å². The Hall–Kier alpha value is -2.19. The molecule has 0 radical (unpaired) electrons. The summed E-state index contributed by atoms with van der Waals surface area (Å²) in [6.45, 7) is 0. The fraction of sp³-hybridized carbons (Fsp3) is 0.0769. The standard InChI is InChI=1S/C13H9Cl2F3N4O/c14-10-5-7(6-11(15)20-10)19-12(23)22-21-9-4-2-1-3-8(9)13(16,17)18/h1-6,21H,(H2,19,20,22,23). The molecule has 0 aliphatic rings. The molecule has 1 aromatic carbocycles. The van der Waals surface area contributed by atoms with Gasteiger partial charge in [0.15, 0.2) is 0 Å². The number of hydrogen-bond donors (Lipinski definition) is 3. The molecule has 10 heteroatoms. The highest BCUT2D eigenvalue weighted by molar-refractivity contribution is 6.32. The summed E-state index contributed by atoms with van der Waals surface area (Å²) >= 11 is 11.3. The Morgan fingerprint density at radius 1 is 1.09 bits per heavy atom. The molecule has 2 amide bonds. The second-order valence-corrected chi connectivity index (χ2v) is 5.02. The van der Waals surface area contributed by atoms with Crippen LogP contribution in [0.3, 0.4) is 0 Å². The Balaban J connectivity index is 2.03. The fourth-order valence-corrected chi connectivity index (χ4v) is 2.12. The van der Waals surface area contributed by atoms with E-state index < -0.39 is 17.8 Å². The number of urea groups is 1. The van der Waals surface area contributed by atoms with Crippen molar-refractivity contribution in [2.45, 2.75) is 6.18 Å². The fourth-order valence-electron chi connectivity index (χ4n) is 1.66. The maximum atomic E-state index is 12.8. The molecule has 122 valence electrons. The minimum absolute atomic E-state index is 0.0585. The van der Waals surface area contributed by atoms with E-state index >= 15 is 0 Å². The van der Waals surface area contributed by atoms with Crippen LogP contribution in [-0.2, 0) is 6.18 Å². The van der Waals surface area contributed by atoms with E-state index in [2.05, 4.69) is 21.2 Å². The summed E-state index contributed by atoms with van der Waals surface area (Å²) in [5, 5.41) is 2.47. The number of nitrogens with one attached hydrogen (secondary N) is 3. The van der Waals surface area contributed by atoms with Gasteiger partial charge >= 0.3 is 12.2 Å². The van der Waals surface area contributed by atoms with Crippen LogP contribution in [0.15, 0.2) is 36.4 Å². The van der Waals surface area contributed by atoms with E-state index in [1.54, 1.807) is 0 Å². The number of nitrogens with zero attached hydrogens (tertiary/aromatic N) is 1. The van der Waals surface area contributed by atoms with Crippen molar-refractivity contribution in [3.63, 3.8) is 0 Å². The van der Waals surface area contributed by atoms with E-state index in [-0.39, 0.29) is 21.7 Å². The zero-order chi connectivity index (χ0) is 17.0. The Morgan fingerprint density at radius 3 is 2.30 bits per heavy atom. The predicted molar refractivity (Wildman–Crippen MR) is 81.5 cm³/mol. The molecule has 0 aliphatic carbocycles. The van der Waals surface area contributed by atoms with Crippen molar-refractivity contribution in [2.75, 3.05) is 10.7 Å². The van der Waals surface area contributed by atoms with Crippen LogP contribution in [0.4, 0.5) is 29.3 Å². The Kier molecular flexibility index (Phi) is 5.17. The van der Waals surface area contributed by atoms with Crippen LogP contribution in [-0.4, -0.2) is 11.0 Å². The van der Waals surface area contributed by atoms with Crippen molar-refractivity contribution < 1.29 is 18.0 Å². The molecule has 2 rings (SSSR count). The minimum atomic E-state index is -4.55. The number of pyridine rings is 1. The zero-order valence-electron chi connectivity index (χ0n) is 11.2. The Labute approximate surface area is 138 Å². The van der Waals surface area contributed by atoms with Gasteiger partial charge in [-0.3, -0.25) is 10.9 Å². The monoisotopic (exact) mass is 364 g/mol. The average molecular weight is 365 g/mol. The maximum absolute atomic E-state index is 12.8. The van der Waals surface area contributed by atoms with Gasteiger partial charge in [-0.1, -0.05) is 35.3 Å². The number of carbonyl (C=O) groups excluding carboxylic acids is 1. The molecule has 0 bridgehead atoms. The highest BCUT2D eigenvalue weighted by atomic mass is 35.5. The van der Waals surface area contributed by atoms with Crippen LogP contribution < -0.4 is 16.2 Å². The van der Waals surface area contributed by atoms with Gasteiger partial charge in [-0.15, -0.1) is 0 Å². The second kappa shape index (κ2) is 6.93. The molecule has 1 aromatic heterocycles. The van der Waals surface area contributed by atoms with Gasteiger partial charge < -0.3 is 5.32 Å². The van der Waals surface area contributed by atoms with Gasteiger partial charge in [-0.25, -0.2) is 9.78 Å². The third kappa shape index (κ3) is 4.90. The number of anilines is 2. The quantitative estimate of drug-likeness (QED) is 0.552. The summed E-state index contributed by atoms with van der Waals surface area (Å²) in [4.78, 5) is 15.4. The molecule has 3 N–H and O–H groups in total. The topological polar surface area (TPSA) is 66.1 Å². The lowest BCUT2D eigenvalue weighted by Crippen LogP contribution is -2.34. The molecular weight excluding hydrogens is 356 g/mol. The lowest BCUT2D eigenvalue weighted by Gasteiger charge is -2.15. The summed E-state index contributed by atoms with van der Waals surface area (Å²) in [5.41, 5.74) is 3.33. The van der Waals surface area contributed by atoms with Crippen LogP contribution in [0.5, 0.6) is 0 Å². The molecule has 0 aliphatic heterocycles. The van der Waals surface area contributed by atoms with Crippen molar-refractivity contribution in [1.29, 1.82) is 0 Å². The summed E-state index contributed by atoms with van der Waals surface area (Å²) in [5.74, 6) is 0. The smallest absolute Gasteiger partial charge is 0.306 e. The van der Waals surface area contributed by atoms with Crippen molar-refractivity contribution >= 4 is 40.6 Å². The third-order valence-corrected chi connectivity index (χ3v) is 2.95. The molecule has 0 saturated heterocycles. The SMILES string of the molecule is O=C(NNc1ccccc1C(F)(F)F)Nc1cc(Cl)nc(Cl)c1. The van der Waals surface area contributed by atoms with Crippen molar-refractivity contribution in [3.8, 4) is 0 Å². The maximum Gasteiger partial charge on any atom is 0.418 e. The van der Waals surface area contributed by atoms with Crippen molar-refractivity contribution in [2.24, 2.45) is 0 Å². The van der Waals surface area contributed by atoms with Crippen LogP contribution >= 0.6 is 23.2 Å². The summed E-state index contributed by atoms with van der Waals surface area (Å²) < 4.78 is 38.4. The first-order valence-electron chi connectivity index (χ1n) is 6.08. The van der Waals surface area contributed by atoms with E-state index in [0.29, 0.717) is 0 Å². The number of alkyl halides is 3. The molecule has 0 unspecified atom stereocenters. The first kappa shape index (κ1) is 17.2. The lowest BCUT2D eigenvalue weighted by molar-refractivity contribution is -0.137. The molecule has 0 fully saturated rings. The van der Waals surface area contributed by atoms with Gasteiger partial charge in [0.1, 0.15) is 10.3 Å². The van der Waals surface area contributed by atoms with Crippen LogP contribution in [0, 0.1) is 0 Å². The number of carbonyl (C=O) groups is 1. The van der Waals surface area contributed by atoms with Crippen LogP contribution in [0.1, 0.15) is 5.56 Å². The van der Waals surface area contributed by atoms with E-state index in [1.165, 1.54) is 30.3 Å². The van der Waals surface area contributed by atoms with Gasteiger partial charge in [0.2, 0.25) is 0 Å². The van der Waals surface area contributed by atoms with Gasteiger partial charge in [0.25, 0.3) is 0 Å². The summed E-state index contributed by atoms with van der Waals surface area (Å²) in [7, 11) is 0. The minimum Gasteiger partial charge on any atom is -0.306 e. The molecule has 2 aromatic rings. The van der Waals surface area contributed by atoms with E-state index in [9.17, 15) is 18.0 Å². The first-order valence-corrected chi connectivity index (χ1v) is 6.83. The van der Waals surface area contributed by atoms with Crippen molar-refractivity contribution in [3.05, 3.63) is 52.3 Å². The molecule has 0 atom stereocenters. The average Bonchev–Trinajstić information content (AvgIpc) is 2.43. The number of aromatic nitrogens is 1. The summed E-state index contributed by atoms with van der Waals surface area (Å²) in [6, 6.07) is 6.58. The van der Waals surface area contributed by atoms with Gasteiger partial charge in [-0.05, 0) is 24.3 Å². The highest BCUT2D eigenvalue weighted by Crippen LogP contribution is 2.34. The third-order valence-electron chi connectivity index (χ3n) is 2.56. The first-order chi connectivity index (χ1) is 10.8. The molecular formula is C13H9Cl2F3N4O. The van der Waals surface area contributed by atoms with Gasteiger partial charge in [0, 0.05) is 5.69 Å². The molecule has 23 heavy (non-hydrogen) atoms. The van der Waals surface area contributed by atoms with E-state index in [0.717, 1.165) is 6.07 Å². The van der Waals surface area contributed by atoms with Crippen LogP contribution in [0.2, 0.25) is 10.3 Å². The predicted octanol–water partition coefficient (Wildman–Crippen LogP) is 4.56. The number of para-hydroxylation sites is 1. The number of benzene rings is 1. The lowest BCUT2D eigenvalue weighted by atomic mass is 10.2. The number of hydrogen-bond acceptors (Lipinski definition) is 3. The van der Waals surface area contributed by atoms with E-state index in [4.69, 9.17) is 23.2 Å². The number of halogens is 5. The number of amides is 2. The van der Waals surface area contributed by atoms with Gasteiger partial charge in [-0.2, -0.15) is 13.2 Å². The molecule has 0 saturated carbocycles. The van der Waals surface area contributed by atoms with Crippen molar-refractivity contribution in [1.82, 2.24) is 10.4 Å². The molecule has 1 heterocycles. The number of rotatable bonds is 3. The molecule has 5 nitrogen and oxygen atoms in total. The molecule has 0 spiro atoms. The number of hydrazine groups is 1. The van der Waals surface area contributed by atoms with E-state index in [1.807, 2.05) is 0 Å². The zero-order valence-corrected chi connectivity index (χ0v) is 12.7. The van der Waals surface area contributed by atoms with Crippen LogP contribution in [0.25, 0.3) is 0 Å².